The lowest BCUT2D eigenvalue weighted by atomic mass is 10.0. The average molecular weight is 330 g/mol. The lowest BCUT2D eigenvalue weighted by Gasteiger charge is -2.33. The summed E-state index contributed by atoms with van der Waals surface area (Å²) in [7, 11) is 1.88. The van der Waals surface area contributed by atoms with Gasteiger partial charge in [-0.3, -0.25) is 4.79 Å². The van der Waals surface area contributed by atoms with Gasteiger partial charge in [-0.05, 0) is 38.9 Å². The lowest BCUT2D eigenvalue weighted by molar-refractivity contribution is -0.144. The summed E-state index contributed by atoms with van der Waals surface area (Å²) < 4.78 is 44.2. The van der Waals surface area contributed by atoms with Gasteiger partial charge < -0.3 is 15.0 Å². The predicted octanol–water partition coefficient (Wildman–Crippen LogP) is 2.68. The monoisotopic (exact) mass is 330 g/mol. The quantitative estimate of drug-likeness (QED) is 0.923. The molecule has 1 heterocycles. The molecule has 7 heteroatoms. The van der Waals surface area contributed by atoms with Crippen LogP contribution < -0.4 is 10.1 Å². The van der Waals surface area contributed by atoms with Gasteiger partial charge in [0.25, 0.3) is 5.91 Å². The molecule has 1 saturated heterocycles. The highest BCUT2D eigenvalue weighted by Gasteiger charge is 2.35. The lowest BCUT2D eigenvalue weighted by Crippen LogP contribution is -2.48. The molecule has 1 amide bonds. The zero-order chi connectivity index (χ0) is 17.0. The molecule has 0 bridgehead atoms. The fourth-order valence-corrected chi connectivity index (χ4v) is 2.69. The topological polar surface area (TPSA) is 41.6 Å². The number of piperidine rings is 1. The van der Waals surface area contributed by atoms with E-state index in [1.54, 1.807) is 4.90 Å². The first kappa shape index (κ1) is 17.6. The van der Waals surface area contributed by atoms with Crippen LogP contribution in [0.2, 0.25) is 0 Å². The molecule has 0 aliphatic carbocycles. The van der Waals surface area contributed by atoms with Crippen molar-refractivity contribution in [3.05, 3.63) is 29.8 Å². The highest BCUT2D eigenvalue weighted by molar-refractivity contribution is 5.81. The molecule has 1 aromatic carbocycles. The molecule has 23 heavy (non-hydrogen) atoms. The molecule has 0 saturated carbocycles. The second-order valence-electron chi connectivity index (χ2n) is 5.64. The van der Waals surface area contributed by atoms with Crippen LogP contribution in [-0.4, -0.2) is 43.1 Å². The number of likely N-dealkylation sites (tertiary alicyclic amines) is 1. The van der Waals surface area contributed by atoms with Gasteiger partial charge in [0.05, 0.1) is 5.56 Å². The summed E-state index contributed by atoms with van der Waals surface area (Å²) in [5, 5.41) is 3.16. The number of hydrogen-bond acceptors (Lipinski definition) is 3. The molecule has 2 rings (SSSR count). The summed E-state index contributed by atoms with van der Waals surface area (Å²) in [6.07, 6.45) is -3.81. The normalized spacial score (nSPS) is 17.9. The van der Waals surface area contributed by atoms with Crippen molar-refractivity contribution in [1.29, 1.82) is 0 Å². The third-order valence-electron chi connectivity index (χ3n) is 4.06. The number of ether oxygens (including phenoxy) is 1. The number of amides is 1. The second-order valence-corrected chi connectivity index (χ2v) is 5.64. The van der Waals surface area contributed by atoms with Crippen LogP contribution in [0.15, 0.2) is 24.3 Å². The first-order chi connectivity index (χ1) is 10.8. The zero-order valence-electron chi connectivity index (χ0n) is 13.2. The van der Waals surface area contributed by atoms with Crippen LogP contribution in [0.1, 0.15) is 25.3 Å². The number of hydrogen-bond donors (Lipinski definition) is 1. The van der Waals surface area contributed by atoms with Gasteiger partial charge in [0.15, 0.2) is 6.10 Å². The molecule has 0 unspecified atom stereocenters. The molecule has 0 radical (unpaired) electrons. The van der Waals surface area contributed by atoms with Crippen molar-refractivity contribution in [3.8, 4) is 5.75 Å². The molecule has 1 aromatic rings. The van der Waals surface area contributed by atoms with Gasteiger partial charge in [-0.25, -0.2) is 0 Å². The average Bonchev–Trinajstić information content (AvgIpc) is 2.53. The van der Waals surface area contributed by atoms with Crippen LogP contribution >= 0.6 is 0 Å². The number of nitrogens with zero attached hydrogens (tertiary/aromatic N) is 1. The Balaban J connectivity index is 2.02. The summed E-state index contributed by atoms with van der Waals surface area (Å²) in [5.41, 5.74) is -0.867. The number of benzene rings is 1. The second kappa shape index (κ2) is 7.21. The maximum atomic E-state index is 13.0. The molecular formula is C16H21F3N2O2. The Hall–Kier alpha value is -1.76. The van der Waals surface area contributed by atoms with Crippen molar-refractivity contribution in [1.82, 2.24) is 10.2 Å². The minimum atomic E-state index is -4.51. The molecule has 128 valence electrons. The van der Waals surface area contributed by atoms with E-state index >= 15 is 0 Å². The molecule has 0 spiro atoms. The Morgan fingerprint density at radius 1 is 1.30 bits per heavy atom. The molecule has 0 aromatic heterocycles. The first-order valence-electron chi connectivity index (χ1n) is 7.62. The Morgan fingerprint density at radius 2 is 1.91 bits per heavy atom. The number of carbonyl (C=O) groups excluding carboxylic acids is 1. The van der Waals surface area contributed by atoms with Crippen LogP contribution in [-0.2, 0) is 11.0 Å². The molecule has 4 nitrogen and oxygen atoms in total. The summed E-state index contributed by atoms with van der Waals surface area (Å²) in [5.74, 6) is -0.595. The van der Waals surface area contributed by atoms with E-state index in [9.17, 15) is 18.0 Å². The van der Waals surface area contributed by atoms with Crippen LogP contribution in [0.3, 0.4) is 0 Å². The molecule has 1 aliphatic rings. The Bertz CT molecular complexity index is 540. The van der Waals surface area contributed by atoms with Gasteiger partial charge >= 0.3 is 6.18 Å². The maximum absolute atomic E-state index is 13.0. The standard InChI is InChI=1S/C16H21F3N2O2/c1-11(15(22)21-9-7-12(20-2)8-10-21)23-14-6-4-3-5-13(14)16(17,18)19/h3-6,11-12,20H,7-10H2,1-2H3/t11-/m0/s1. The van der Waals surface area contributed by atoms with Crippen molar-refractivity contribution in [3.63, 3.8) is 0 Å². The minimum Gasteiger partial charge on any atom is -0.480 e. The Kier molecular flexibility index (Phi) is 5.51. The van der Waals surface area contributed by atoms with Gasteiger partial charge in [-0.2, -0.15) is 13.2 Å². The number of para-hydroxylation sites is 1. The maximum Gasteiger partial charge on any atom is 0.419 e. The smallest absolute Gasteiger partial charge is 0.419 e. The largest absolute Gasteiger partial charge is 0.480 e. The van der Waals surface area contributed by atoms with Crippen molar-refractivity contribution in [2.24, 2.45) is 0 Å². The SMILES string of the molecule is CNC1CCN(C(=O)[C@H](C)Oc2ccccc2C(F)(F)F)CC1. The van der Waals surface area contributed by atoms with Crippen molar-refractivity contribution in [2.45, 2.75) is 38.1 Å². The van der Waals surface area contributed by atoms with Crippen LogP contribution in [0.4, 0.5) is 13.2 Å². The van der Waals surface area contributed by atoms with Gasteiger partial charge in [0, 0.05) is 19.1 Å². The van der Waals surface area contributed by atoms with Crippen molar-refractivity contribution >= 4 is 5.91 Å². The van der Waals surface area contributed by atoms with Crippen LogP contribution in [0.5, 0.6) is 5.75 Å². The molecule has 1 aliphatic heterocycles. The number of nitrogens with one attached hydrogen (secondary N) is 1. The fraction of sp³-hybridized carbons (Fsp3) is 0.562. The fourth-order valence-electron chi connectivity index (χ4n) is 2.69. The van der Waals surface area contributed by atoms with E-state index < -0.39 is 17.8 Å². The summed E-state index contributed by atoms with van der Waals surface area (Å²) in [4.78, 5) is 14.0. The Morgan fingerprint density at radius 3 is 2.48 bits per heavy atom. The van der Waals surface area contributed by atoms with Gasteiger partial charge in [-0.15, -0.1) is 0 Å². The Labute approximate surface area is 133 Å². The van der Waals surface area contributed by atoms with Crippen molar-refractivity contribution in [2.75, 3.05) is 20.1 Å². The zero-order valence-corrected chi connectivity index (χ0v) is 13.2. The van der Waals surface area contributed by atoms with Crippen molar-refractivity contribution < 1.29 is 22.7 Å². The van der Waals surface area contributed by atoms with E-state index in [0.29, 0.717) is 19.1 Å². The number of carbonyl (C=O) groups is 1. The third-order valence-corrected chi connectivity index (χ3v) is 4.06. The van der Waals surface area contributed by atoms with Crippen LogP contribution in [0.25, 0.3) is 0 Å². The van der Waals surface area contributed by atoms with E-state index in [1.165, 1.54) is 25.1 Å². The molecule has 1 fully saturated rings. The highest BCUT2D eigenvalue weighted by Crippen LogP contribution is 2.36. The van der Waals surface area contributed by atoms with E-state index in [0.717, 1.165) is 18.9 Å². The summed E-state index contributed by atoms with van der Waals surface area (Å²) in [6.45, 7) is 2.65. The molecule has 1 atom stereocenters. The number of alkyl halides is 3. The first-order valence-corrected chi connectivity index (χ1v) is 7.62. The van der Waals surface area contributed by atoms with E-state index in [4.69, 9.17) is 4.74 Å². The number of halogens is 3. The van der Waals surface area contributed by atoms with E-state index in [-0.39, 0.29) is 11.7 Å². The van der Waals surface area contributed by atoms with E-state index in [2.05, 4.69) is 5.32 Å². The molecular weight excluding hydrogens is 309 g/mol. The van der Waals surface area contributed by atoms with Gasteiger partial charge in [-0.1, -0.05) is 12.1 Å². The minimum absolute atomic E-state index is 0.281. The third kappa shape index (κ3) is 4.37. The molecule has 1 N–H and O–H groups in total. The predicted molar refractivity (Wildman–Crippen MR) is 80.2 cm³/mol. The van der Waals surface area contributed by atoms with Gasteiger partial charge in [0.2, 0.25) is 0 Å². The summed E-state index contributed by atoms with van der Waals surface area (Å²) >= 11 is 0. The number of rotatable bonds is 4. The van der Waals surface area contributed by atoms with E-state index in [1.807, 2.05) is 7.05 Å². The highest BCUT2D eigenvalue weighted by atomic mass is 19.4. The van der Waals surface area contributed by atoms with Gasteiger partial charge in [0.1, 0.15) is 5.75 Å². The van der Waals surface area contributed by atoms with Crippen LogP contribution in [0, 0.1) is 0 Å². The summed E-state index contributed by atoms with van der Waals surface area (Å²) in [6, 6.07) is 5.32.